The Balaban J connectivity index is 1.66. The number of hydrogen-bond acceptors (Lipinski definition) is 5. The van der Waals surface area contributed by atoms with Gasteiger partial charge in [0, 0.05) is 12.1 Å². The maximum Gasteiger partial charge on any atom is 0.214 e. The Labute approximate surface area is 184 Å². The topological polar surface area (TPSA) is 66.5 Å². The summed E-state index contributed by atoms with van der Waals surface area (Å²) >= 11 is 0. The van der Waals surface area contributed by atoms with Crippen LogP contribution >= 0.6 is 0 Å². The Morgan fingerprint density at radius 2 is 1.77 bits per heavy atom. The molecule has 4 rings (SSSR count). The highest BCUT2D eigenvalue weighted by molar-refractivity contribution is 5.44. The van der Waals surface area contributed by atoms with Crippen LogP contribution < -0.4 is 14.4 Å². The molecule has 0 aliphatic carbocycles. The van der Waals surface area contributed by atoms with Gasteiger partial charge in [0.15, 0.2) is 17.5 Å². The molecule has 0 amide bonds. The van der Waals surface area contributed by atoms with Crippen LogP contribution in [-0.2, 0) is 13.0 Å². The average molecular weight is 423 g/mol. The number of piperidine rings is 1. The molecule has 7 heteroatoms. The van der Waals surface area contributed by atoms with Gasteiger partial charge in [0.2, 0.25) is 5.82 Å². The highest BCUT2D eigenvalue weighted by Crippen LogP contribution is 2.31. The number of nitrogens with one attached hydrogen (secondary N) is 1. The van der Waals surface area contributed by atoms with E-state index in [4.69, 9.17) is 9.47 Å². The van der Waals surface area contributed by atoms with Gasteiger partial charge in [-0.25, -0.2) is 4.68 Å². The zero-order chi connectivity index (χ0) is 21.6. The number of ether oxygens (including phenoxy) is 2. The molecule has 2 aromatic carbocycles. The van der Waals surface area contributed by atoms with Gasteiger partial charge in [0.25, 0.3) is 0 Å². The lowest BCUT2D eigenvalue weighted by atomic mass is 9.95. The third-order valence-electron chi connectivity index (χ3n) is 6.34. The fourth-order valence-electron chi connectivity index (χ4n) is 4.48. The van der Waals surface area contributed by atoms with Gasteiger partial charge in [-0.2, -0.15) is 0 Å². The molecule has 0 spiro atoms. The SMILES string of the molecule is COc1ccc([C@@H](c2nnnn2CCc2ccccc2)[NH+]2CCC(C)CC2)cc1OC. The molecule has 7 nitrogen and oxygen atoms in total. The third kappa shape index (κ3) is 4.88. The molecule has 1 saturated heterocycles. The van der Waals surface area contributed by atoms with Gasteiger partial charge in [-0.1, -0.05) is 37.3 Å². The molecule has 1 aliphatic rings. The molecule has 1 fully saturated rings. The predicted molar refractivity (Wildman–Crippen MR) is 118 cm³/mol. The number of hydrogen-bond donors (Lipinski definition) is 1. The summed E-state index contributed by atoms with van der Waals surface area (Å²) in [7, 11) is 3.34. The van der Waals surface area contributed by atoms with E-state index in [0.717, 1.165) is 54.9 Å². The molecule has 1 aromatic heterocycles. The monoisotopic (exact) mass is 422 g/mol. The van der Waals surface area contributed by atoms with Crippen LogP contribution in [0.1, 0.15) is 42.8 Å². The van der Waals surface area contributed by atoms with Crippen molar-refractivity contribution in [3.8, 4) is 11.5 Å². The van der Waals surface area contributed by atoms with E-state index in [0.29, 0.717) is 0 Å². The van der Waals surface area contributed by atoms with Crippen LogP contribution in [0.3, 0.4) is 0 Å². The van der Waals surface area contributed by atoms with E-state index in [1.54, 1.807) is 14.2 Å². The molecule has 31 heavy (non-hydrogen) atoms. The number of tetrazole rings is 1. The van der Waals surface area contributed by atoms with Gasteiger partial charge >= 0.3 is 0 Å². The van der Waals surface area contributed by atoms with E-state index in [-0.39, 0.29) is 6.04 Å². The Morgan fingerprint density at radius 1 is 1.03 bits per heavy atom. The molecule has 0 bridgehead atoms. The molecule has 1 atom stereocenters. The summed E-state index contributed by atoms with van der Waals surface area (Å²) in [5.41, 5.74) is 2.43. The summed E-state index contributed by atoms with van der Waals surface area (Å²) in [4.78, 5) is 1.50. The Bertz CT molecular complexity index is 967. The van der Waals surface area contributed by atoms with Crippen molar-refractivity contribution in [2.24, 2.45) is 5.92 Å². The summed E-state index contributed by atoms with van der Waals surface area (Å²) in [5.74, 6) is 3.14. The van der Waals surface area contributed by atoms with Gasteiger partial charge in [-0.15, -0.1) is 5.10 Å². The minimum atomic E-state index is 0.0538. The molecule has 164 valence electrons. The number of aryl methyl sites for hydroxylation is 2. The first kappa shape index (κ1) is 21.3. The van der Waals surface area contributed by atoms with Crippen molar-refractivity contribution in [1.82, 2.24) is 20.2 Å². The molecular formula is C24H32N5O2+. The Hall–Kier alpha value is -2.93. The number of benzene rings is 2. The second-order valence-corrected chi connectivity index (χ2v) is 8.38. The molecule has 3 aromatic rings. The van der Waals surface area contributed by atoms with Gasteiger partial charge in [0.05, 0.1) is 27.3 Å². The molecule has 0 unspecified atom stereocenters. The van der Waals surface area contributed by atoms with E-state index in [1.807, 2.05) is 16.8 Å². The van der Waals surface area contributed by atoms with Crippen molar-refractivity contribution in [2.45, 2.75) is 38.8 Å². The van der Waals surface area contributed by atoms with Crippen molar-refractivity contribution in [1.29, 1.82) is 0 Å². The summed E-state index contributed by atoms with van der Waals surface area (Å²) in [5, 5.41) is 12.9. The van der Waals surface area contributed by atoms with E-state index >= 15 is 0 Å². The van der Waals surface area contributed by atoms with Crippen molar-refractivity contribution in [2.75, 3.05) is 27.3 Å². The lowest BCUT2D eigenvalue weighted by molar-refractivity contribution is -0.932. The number of likely N-dealkylation sites (tertiary alicyclic amines) is 1. The normalized spacial score (nSPS) is 19.7. The quantitative estimate of drug-likeness (QED) is 0.604. The average Bonchev–Trinajstić information content (AvgIpc) is 3.27. The number of methoxy groups -OCH3 is 2. The molecular weight excluding hydrogens is 390 g/mol. The van der Waals surface area contributed by atoms with Gasteiger partial charge in [-0.05, 0) is 59.4 Å². The fraction of sp³-hybridized carbons (Fsp3) is 0.458. The standard InChI is InChI=1S/C24H31N5O2/c1-18-11-14-28(15-12-18)23(20-9-10-21(30-2)22(17-20)31-3)24-25-26-27-29(24)16-13-19-7-5-4-6-8-19/h4-10,17-18,23H,11-16H2,1-3H3/p+1/t23-/m0/s1. The van der Waals surface area contributed by atoms with Crippen LogP contribution in [0.2, 0.25) is 0 Å². The van der Waals surface area contributed by atoms with Gasteiger partial charge in [-0.3, -0.25) is 0 Å². The van der Waals surface area contributed by atoms with Crippen LogP contribution in [0.25, 0.3) is 0 Å². The fourth-order valence-corrected chi connectivity index (χ4v) is 4.48. The summed E-state index contributed by atoms with van der Waals surface area (Å²) in [6.07, 6.45) is 3.32. The maximum atomic E-state index is 5.59. The van der Waals surface area contributed by atoms with E-state index in [2.05, 4.69) is 58.8 Å². The first-order valence-corrected chi connectivity index (χ1v) is 11.1. The first-order chi connectivity index (χ1) is 15.2. The van der Waals surface area contributed by atoms with Crippen LogP contribution in [0.4, 0.5) is 0 Å². The van der Waals surface area contributed by atoms with Crippen LogP contribution in [-0.4, -0.2) is 47.5 Å². The smallest absolute Gasteiger partial charge is 0.214 e. The number of rotatable bonds is 8. The maximum absolute atomic E-state index is 5.59. The van der Waals surface area contributed by atoms with E-state index in [9.17, 15) is 0 Å². The largest absolute Gasteiger partial charge is 0.493 e. The summed E-state index contributed by atoms with van der Waals surface area (Å²) in [6.45, 7) is 5.30. The number of nitrogens with zero attached hydrogens (tertiary/aromatic N) is 4. The highest BCUT2D eigenvalue weighted by Gasteiger charge is 2.34. The van der Waals surface area contributed by atoms with Crippen molar-refractivity contribution >= 4 is 0 Å². The summed E-state index contributed by atoms with van der Waals surface area (Å²) in [6, 6.07) is 16.7. The Morgan fingerprint density at radius 3 is 2.48 bits per heavy atom. The predicted octanol–water partition coefficient (Wildman–Crippen LogP) is 2.34. The molecule has 0 radical (unpaired) electrons. The minimum absolute atomic E-state index is 0.0538. The van der Waals surface area contributed by atoms with Crippen molar-refractivity contribution in [3.05, 3.63) is 65.5 Å². The van der Waals surface area contributed by atoms with Gasteiger partial charge in [0.1, 0.15) is 0 Å². The minimum Gasteiger partial charge on any atom is -0.493 e. The zero-order valence-electron chi connectivity index (χ0n) is 18.6. The zero-order valence-corrected chi connectivity index (χ0v) is 18.6. The Kier molecular flexibility index (Phi) is 6.82. The number of quaternary nitrogens is 1. The second-order valence-electron chi connectivity index (χ2n) is 8.38. The number of aromatic nitrogens is 4. The van der Waals surface area contributed by atoms with Gasteiger partial charge < -0.3 is 14.4 Å². The van der Waals surface area contributed by atoms with Crippen LogP contribution in [0, 0.1) is 5.92 Å². The highest BCUT2D eigenvalue weighted by atomic mass is 16.5. The summed E-state index contributed by atoms with van der Waals surface area (Å²) < 4.78 is 13.0. The van der Waals surface area contributed by atoms with Crippen molar-refractivity contribution in [3.63, 3.8) is 0 Å². The van der Waals surface area contributed by atoms with Crippen molar-refractivity contribution < 1.29 is 14.4 Å². The lowest BCUT2D eigenvalue weighted by Crippen LogP contribution is -3.13. The molecule has 0 saturated carbocycles. The second kappa shape index (κ2) is 9.92. The first-order valence-electron chi connectivity index (χ1n) is 11.1. The third-order valence-corrected chi connectivity index (χ3v) is 6.34. The lowest BCUT2D eigenvalue weighted by Gasteiger charge is -2.33. The molecule has 2 heterocycles. The van der Waals surface area contributed by atoms with Crippen LogP contribution in [0.5, 0.6) is 11.5 Å². The molecule has 1 aliphatic heterocycles. The van der Waals surface area contributed by atoms with Crippen LogP contribution in [0.15, 0.2) is 48.5 Å². The van der Waals surface area contributed by atoms with E-state index < -0.39 is 0 Å². The molecule has 1 N–H and O–H groups in total. The van der Waals surface area contributed by atoms with E-state index in [1.165, 1.54) is 23.3 Å².